The summed E-state index contributed by atoms with van der Waals surface area (Å²) in [4.78, 5) is 11.8. The number of phenols is 1. The van der Waals surface area contributed by atoms with Crippen LogP contribution in [0.25, 0.3) is 11.1 Å². The second-order valence-electron chi connectivity index (χ2n) is 4.64. The second-order valence-corrected chi connectivity index (χ2v) is 4.64. The average Bonchev–Trinajstić information content (AvgIpc) is 2.83. The molecule has 1 N–H and O–H groups in total. The van der Waals surface area contributed by atoms with Gasteiger partial charge in [0.1, 0.15) is 11.5 Å². The minimum absolute atomic E-state index is 0.0304. The number of benzene rings is 2. The molecule has 96 valence electrons. The van der Waals surface area contributed by atoms with Crippen molar-refractivity contribution < 1.29 is 14.6 Å². The number of methoxy groups -OCH3 is 1. The van der Waals surface area contributed by atoms with E-state index >= 15 is 0 Å². The van der Waals surface area contributed by atoms with Crippen LogP contribution in [0, 0.1) is 0 Å². The van der Waals surface area contributed by atoms with Crippen LogP contribution in [0.5, 0.6) is 11.5 Å². The summed E-state index contributed by atoms with van der Waals surface area (Å²) in [6, 6.07) is 11.2. The smallest absolute Gasteiger partial charge is 0.167 e. The maximum Gasteiger partial charge on any atom is 0.167 e. The van der Waals surface area contributed by atoms with Crippen LogP contribution in [-0.2, 0) is 6.42 Å². The van der Waals surface area contributed by atoms with Crippen molar-refractivity contribution in [3.63, 3.8) is 0 Å². The fraction of sp³-hybridized carbons (Fsp3) is 0.188. The number of hydrogen-bond donors (Lipinski definition) is 1. The zero-order chi connectivity index (χ0) is 13.4. The Hall–Kier alpha value is -2.29. The first-order chi connectivity index (χ1) is 9.20. The largest absolute Gasteiger partial charge is 0.507 e. The highest BCUT2D eigenvalue weighted by Gasteiger charge is 2.25. The van der Waals surface area contributed by atoms with Gasteiger partial charge in [-0.05, 0) is 41.3 Å². The first-order valence-electron chi connectivity index (χ1n) is 6.23. The third-order valence-electron chi connectivity index (χ3n) is 3.57. The molecule has 0 aliphatic heterocycles. The van der Waals surface area contributed by atoms with E-state index in [0.29, 0.717) is 18.4 Å². The highest BCUT2D eigenvalue weighted by molar-refractivity contribution is 6.04. The normalized spacial score (nSPS) is 13.4. The summed E-state index contributed by atoms with van der Waals surface area (Å²) in [5.41, 5.74) is 3.50. The van der Waals surface area contributed by atoms with Gasteiger partial charge >= 0.3 is 0 Å². The van der Waals surface area contributed by atoms with Gasteiger partial charge in [-0.3, -0.25) is 4.79 Å². The molecule has 0 aromatic heterocycles. The van der Waals surface area contributed by atoms with Crippen molar-refractivity contribution in [2.45, 2.75) is 12.8 Å². The van der Waals surface area contributed by atoms with Crippen LogP contribution >= 0.6 is 0 Å². The minimum atomic E-state index is 0.0304. The number of fused-ring (bicyclic) bond motifs is 1. The number of carbonyl (C=O) groups is 1. The summed E-state index contributed by atoms with van der Waals surface area (Å²) in [5.74, 6) is 0.924. The molecule has 3 nitrogen and oxygen atoms in total. The summed E-state index contributed by atoms with van der Waals surface area (Å²) in [5, 5.41) is 9.81. The Balaban J connectivity index is 2.13. The summed E-state index contributed by atoms with van der Waals surface area (Å²) in [6.07, 6.45) is 1.18. The van der Waals surface area contributed by atoms with Gasteiger partial charge in [0.2, 0.25) is 0 Å². The monoisotopic (exact) mass is 254 g/mol. The molecule has 19 heavy (non-hydrogen) atoms. The van der Waals surface area contributed by atoms with Crippen molar-refractivity contribution in [2.24, 2.45) is 0 Å². The Bertz CT molecular complexity index is 642. The Kier molecular flexibility index (Phi) is 2.75. The van der Waals surface area contributed by atoms with Gasteiger partial charge in [-0.1, -0.05) is 18.2 Å². The molecule has 3 heteroatoms. The fourth-order valence-electron chi connectivity index (χ4n) is 2.61. The molecule has 0 fully saturated rings. The molecule has 3 rings (SSSR count). The van der Waals surface area contributed by atoms with Gasteiger partial charge in [-0.2, -0.15) is 0 Å². The van der Waals surface area contributed by atoms with Gasteiger partial charge in [-0.15, -0.1) is 0 Å². The molecule has 0 atom stereocenters. The number of phenolic OH excluding ortho intramolecular Hbond substituents is 1. The van der Waals surface area contributed by atoms with E-state index in [1.165, 1.54) is 0 Å². The van der Waals surface area contributed by atoms with E-state index in [2.05, 4.69) is 0 Å². The highest BCUT2D eigenvalue weighted by Crippen LogP contribution is 2.37. The Morgan fingerprint density at radius 1 is 1.05 bits per heavy atom. The number of rotatable bonds is 2. The maximum absolute atomic E-state index is 11.8. The first-order valence-corrected chi connectivity index (χ1v) is 6.23. The summed E-state index contributed by atoms with van der Waals surface area (Å²) in [6.45, 7) is 0. The number of ether oxygens (including phenoxy) is 1. The lowest BCUT2D eigenvalue weighted by molar-refractivity contribution is 0.0992. The lowest BCUT2D eigenvalue weighted by Gasteiger charge is -2.10. The summed E-state index contributed by atoms with van der Waals surface area (Å²) < 4.78 is 5.14. The second kappa shape index (κ2) is 4.43. The fourth-order valence-corrected chi connectivity index (χ4v) is 2.61. The molecular formula is C16H14O3. The molecule has 1 aliphatic rings. The van der Waals surface area contributed by atoms with Gasteiger partial charge < -0.3 is 9.84 Å². The Morgan fingerprint density at radius 2 is 1.79 bits per heavy atom. The van der Waals surface area contributed by atoms with E-state index in [0.717, 1.165) is 22.4 Å². The van der Waals surface area contributed by atoms with Crippen molar-refractivity contribution in [1.82, 2.24) is 0 Å². The Morgan fingerprint density at radius 3 is 2.47 bits per heavy atom. The van der Waals surface area contributed by atoms with Crippen molar-refractivity contribution in [1.29, 1.82) is 0 Å². The van der Waals surface area contributed by atoms with Crippen LogP contribution in [-0.4, -0.2) is 18.0 Å². The molecule has 0 amide bonds. The van der Waals surface area contributed by atoms with Crippen LogP contribution < -0.4 is 4.74 Å². The predicted octanol–water partition coefficient (Wildman–Crippen LogP) is 3.20. The molecule has 0 heterocycles. The van der Waals surface area contributed by atoms with Gasteiger partial charge in [-0.25, -0.2) is 0 Å². The van der Waals surface area contributed by atoms with E-state index in [-0.39, 0.29) is 11.5 Å². The first kappa shape index (κ1) is 11.8. The lowest BCUT2D eigenvalue weighted by Crippen LogP contribution is -1.94. The van der Waals surface area contributed by atoms with E-state index in [9.17, 15) is 9.90 Å². The number of carbonyl (C=O) groups excluding carboxylic acids is 1. The molecule has 2 aromatic carbocycles. The molecular weight excluding hydrogens is 240 g/mol. The van der Waals surface area contributed by atoms with E-state index in [1.54, 1.807) is 13.2 Å². The average molecular weight is 254 g/mol. The van der Waals surface area contributed by atoms with E-state index in [4.69, 9.17) is 4.74 Å². The molecule has 0 saturated carbocycles. The molecule has 2 aromatic rings. The maximum atomic E-state index is 11.8. The number of Topliss-reactive ketones (excluding diaryl/α,β-unsaturated/α-hetero) is 1. The third kappa shape index (κ3) is 1.87. The van der Waals surface area contributed by atoms with Gasteiger partial charge in [0.25, 0.3) is 0 Å². The molecule has 0 bridgehead atoms. The molecule has 0 radical (unpaired) electrons. The van der Waals surface area contributed by atoms with Gasteiger partial charge in [0.05, 0.1) is 12.7 Å². The van der Waals surface area contributed by atoms with Crippen LogP contribution in [0.4, 0.5) is 0 Å². The van der Waals surface area contributed by atoms with Crippen LogP contribution in [0.2, 0.25) is 0 Å². The SMILES string of the molecule is COc1ccc(-c2ccc(O)c3c2CCC3=O)cc1. The Labute approximate surface area is 111 Å². The van der Waals surface area contributed by atoms with Gasteiger partial charge in [0, 0.05) is 6.42 Å². The standard InChI is InChI=1S/C16H14O3/c1-19-11-4-2-10(3-5-11)12-6-8-14(17)16-13(12)7-9-15(16)18/h2-6,8,17H,7,9H2,1H3. The van der Waals surface area contributed by atoms with Gasteiger partial charge in [0.15, 0.2) is 5.78 Å². The van der Waals surface area contributed by atoms with Crippen LogP contribution in [0.15, 0.2) is 36.4 Å². The van der Waals surface area contributed by atoms with Crippen LogP contribution in [0.1, 0.15) is 22.3 Å². The highest BCUT2D eigenvalue weighted by atomic mass is 16.5. The van der Waals surface area contributed by atoms with Crippen molar-refractivity contribution >= 4 is 5.78 Å². The van der Waals surface area contributed by atoms with E-state index < -0.39 is 0 Å². The predicted molar refractivity (Wildman–Crippen MR) is 72.7 cm³/mol. The van der Waals surface area contributed by atoms with Crippen LogP contribution in [0.3, 0.4) is 0 Å². The number of ketones is 1. The number of hydrogen-bond acceptors (Lipinski definition) is 3. The van der Waals surface area contributed by atoms with Crippen molar-refractivity contribution in [3.05, 3.63) is 47.5 Å². The molecule has 1 aliphatic carbocycles. The minimum Gasteiger partial charge on any atom is -0.507 e. The zero-order valence-corrected chi connectivity index (χ0v) is 10.6. The summed E-state index contributed by atoms with van der Waals surface area (Å²) in [7, 11) is 1.63. The molecule has 0 saturated heterocycles. The zero-order valence-electron chi connectivity index (χ0n) is 10.6. The van der Waals surface area contributed by atoms with Crippen molar-refractivity contribution in [3.8, 4) is 22.6 Å². The third-order valence-corrected chi connectivity index (χ3v) is 3.57. The molecule has 0 unspecified atom stereocenters. The number of aromatic hydroxyl groups is 1. The van der Waals surface area contributed by atoms with E-state index in [1.807, 2.05) is 30.3 Å². The summed E-state index contributed by atoms with van der Waals surface area (Å²) >= 11 is 0. The topological polar surface area (TPSA) is 46.5 Å². The lowest BCUT2D eigenvalue weighted by atomic mass is 9.96. The van der Waals surface area contributed by atoms with Crippen molar-refractivity contribution in [2.75, 3.05) is 7.11 Å². The quantitative estimate of drug-likeness (QED) is 0.895. The molecule has 0 spiro atoms.